The summed E-state index contributed by atoms with van der Waals surface area (Å²) in [6, 6.07) is 0. The van der Waals surface area contributed by atoms with E-state index < -0.39 is 44.3 Å². The third-order valence-electron chi connectivity index (χ3n) is 8.36. The zero-order valence-corrected chi connectivity index (χ0v) is 21.5. The first kappa shape index (κ1) is 26.3. The average molecular weight is 596 g/mol. The number of alkyl halides is 6. The Kier molecular flexibility index (Phi) is 5.42. The SMILES string of the molecule is O=S(=O)(O[B@-]12N3CCCN4CCC[N+](=C43)[B@@-]1(OS(=O)(=O)C(F)(F)F)N1CCCN3CCC[N+]2=C31)C(F)(F)F. The lowest BCUT2D eigenvalue weighted by molar-refractivity contribution is -0.436. The minimum absolute atomic E-state index is 0.0771. The lowest BCUT2D eigenvalue weighted by atomic mass is 9.21. The molecule has 22 heteroatoms. The molecule has 214 valence electrons. The van der Waals surface area contributed by atoms with Gasteiger partial charge in [0, 0.05) is 51.9 Å². The molecule has 6 aliphatic heterocycles. The van der Waals surface area contributed by atoms with E-state index in [4.69, 9.17) is 8.20 Å². The molecule has 0 N–H and O–H groups in total. The monoisotopic (exact) mass is 596 g/mol. The van der Waals surface area contributed by atoms with Gasteiger partial charge in [0.25, 0.3) is 11.9 Å². The predicted molar refractivity (Wildman–Crippen MR) is 119 cm³/mol. The van der Waals surface area contributed by atoms with Crippen molar-refractivity contribution < 1.29 is 60.4 Å². The first-order valence-electron chi connectivity index (χ1n) is 12.3. The highest BCUT2D eigenvalue weighted by atomic mass is 32.2. The normalized spacial score (nSPS) is 31.6. The Labute approximate surface area is 214 Å². The summed E-state index contributed by atoms with van der Waals surface area (Å²) < 4.78 is 147. The highest BCUT2D eigenvalue weighted by Gasteiger charge is 2.82. The zero-order valence-electron chi connectivity index (χ0n) is 19.9. The molecule has 0 aromatic rings. The van der Waals surface area contributed by atoms with Crippen molar-refractivity contribution in [3.8, 4) is 0 Å². The van der Waals surface area contributed by atoms with Gasteiger partial charge in [0.15, 0.2) is 0 Å². The maximum Gasteiger partial charge on any atom is 0.519 e. The molecule has 2 saturated heterocycles. The van der Waals surface area contributed by atoms with Gasteiger partial charge in [0.1, 0.15) is 0 Å². The fraction of sp³-hybridized carbons (Fsp3) is 0.875. The second-order valence-corrected chi connectivity index (χ2v) is 13.4. The van der Waals surface area contributed by atoms with Gasteiger partial charge in [-0.15, -0.1) is 0 Å². The van der Waals surface area contributed by atoms with Crippen LogP contribution in [0.3, 0.4) is 0 Å². The van der Waals surface area contributed by atoms with Crippen molar-refractivity contribution in [3.63, 3.8) is 0 Å². The summed E-state index contributed by atoms with van der Waals surface area (Å²) in [6.45, 7) is -6.58. The van der Waals surface area contributed by atoms with Crippen LogP contribution in [0.15, 0.2) is 0 Å². The molecule has 0 amide bonds. The van der Waals surface area contributed by atoms with E-state index in [0.29, 0.717) is 51.9 Å². The van der Waals surface area contributed by atoms with Crippen molar-refractivity contribution in [3.05, 3.63) is 0 Å². The highest BCUT2D eigenvalue weighted by molar-refractivity contribution is 7.90. The highest BCUT2D eigenvalue weighted by Crippen LogP contribution is 2.49. The lowest BCUT2D eigenvalue weighted by Crippen LogP contribution is -2.82. The summed E-state index contributed by atoms with van der Waals surface area (Å²) in [5.41, 5.74) is -11.9. The zero-order chi connectivity index (χ0) is 27.5. The fourth-order valence-electron chi connectivity index (χ4n) is 7.32. The third kappa shape index (κ3) is 3.13. The van der Waals surface area contributed by atoms with E-state index in [2.05, 4.69) is 0 Å². The van der Waals surface area contributed by atoms with E-state index >= 15 is 0 Å². The summed E-state index contributed by atoms with van der Waals surface area (Å²) in [5, 5.41) is 0. The molecule has 12 nitrogen and oxygen atoms in total. The van der Waals surface area contributed by atoms with E-state index in [1.54, 1.807) is 9.80 Å². The summed E-state index contributed by atoms with van der Waals surface area (Å²) >= 11 is 0. The first-order valence-corrected chi connectivity index (χ1v) is 15.1. The second-order valence-electron chi connectivity index (χ2n) is 10.3. The van der Waals surface area contributed by atoms with E-state index in [1.807, 2.05) is 0 Å². The largest absolute Gasteiger partial charge is 0.519 e. The molecule has 0 aliphatic carbocycles. The maximum absolute atomic E-state index is 13.8. The molecule has 0 aromatic carbocycles. The first-order chi connectivity index (χ1) is 17.6. The van der Waals surface area contributed by atoms with E-state index in [0.717, 1.165) is 0 Å². The molecule has 2 fully saturated rings. The van der Waals surface area contributed by atoms with Crippen LogP contribution in [0, 0.1) is 0 Å². The molecule has 6 heterocycles. The topological polar surface area (TPSA) is 106 Å². The van der Waals surface area contributed by atoms with Gasteiger partial charge in [0.2, 0.25) is 0 Å². The molecule has 0 saturated carbocycles. The van der Waals surface area contributed by atoms with Crippen LogP contribution in [-0.4, -0.2) is 134 Å². The summed E-state index contributed by atoms with van der Waals surface area (Å²) in [6.07, 6.45) is 1.28. The minimum atomic E-state index is -6.45. The molecular formula is C16H24B2F6N6O6S2. The van der Waals surface area contributed by atoms with Crippen molar-refractivity contribution in [2.45, 2.75) is 36.7 Å². The van der Waals surface area contributed by atoms with Crippen molar-refractivity contribution in [1.29, 1.82) is 0 Å². The summed E-state index contributed by atoms with van der Waals surface area (Å²) in [5.74, 6) is 0.248. The Bertz CT molecular complexity index is 1260. The van der Waals surface area contributed by atoms with Crippen molar-refractivity contribution >= 4 is 45.2 Å². The van der Waals surface area contributed by atoms with Crippen LogP contribution < -0.4 is 0 Å². The summed E-state index contributed by atoms with van der Waals surface area (Å²) in [7, 11) is -12.9. The van der Waals surface area contributed by atoms with Crippen molar-refractivity contribution in [1.82, 2.24) is 19.4 Å². The Morgan fingerprint density at radius 2 is 0.947 bits per heavy atom. The molecule has 6 aliphatic rings. The molecule has 0 aromatic heterocycles. The number of rotatable bonds is 4. The second kappa shape index (κ2) is 7.84. The van der Waals surface area contributed by atoms with E-state index in [9.17, 15) is 43.2 Å². The van der Waals surface area contributed by atoms with Crippen LogP contribution >= 0.6 is 0 Å². The number of guanidine groups is 2. The molecule has 6 rings (SSSR count). The number of hydrogen-bond acceptors (Lipinski definition) is 10. The van der Waals surface area contributed by atoms with Crippen LogP contribution in [0.5, 0.6) is 0 Å². The molecule has 2 atom stereocenters. The molecule has 0 spiro atoms. The molecule has 0 radical (unpaired) electrons. The van der Waals surface area contributed by atoms with Gasteiger partial charge < -0.3 is 26.8 Å². The van der Waals surface area contributed by atoms with Gasteiger partial charge >= 0.3 is 44.3 Å². The third-order valence-corrected chi connectivity index (χ3v) is 10.6. The van der Waals surface area contributed by atoms with Gasteiger partial charge in [-0.3, -0.25) is 9.80 Å². The molecular weight excluding hydrogens is 572 g/mol. The van der Waals surface area contributed by atoms with Gasteiger partial charge in [-0.1, -0.05) is 0 Å². The minimum Gasteiger partial charge on any atom is -0.430 e. The Morgan fingerprint density at radius 3 is 1.29 bits per heavy atom. The van der Waals surface area contributed by atoms with E-state index in [-0.39, 0.29) is 38.1 Å². The van der Waals surface area contributed by atoms with E-state index in [1.165, 1.54) is 18.6 Å². The van der Waals surface area contributed by atoms with Crippen LogP contribution in [0.4, 0.5) is 26.3 Å². The van der Waals surface area contributed by atoms with Gasteiger partial charge in [0.05, 0.1) is 26.2 Å². The van der Waals surface area contributed by atoms with Crippen LogP contribution in [0.2, 0.25) is 0 Å². The number of halogens is 6. The fourth-order valence-corrected chi connectivity index (χ4v) is 8.99. The van der Waals surface area contributed by atoms with Gasteiger partial charge in [-0.05, 0) is 0 Å². The smallest absolute Gasteiger partial charge is 0.430 e. The molecule has 38 heavy (non-hydrogen) atoms. The number of hydrogen-bond donors (Lipinski definition) is 0. The van der Waals surface area contributed by atoms with Crippen LogP contribution in [-0.2, 0) is 28.4 Å². The Balaban J connectivity index is 1.70. The van der Waals surface area contributed by atoms with Crippen LogP contribution in [0.25, 0.3) is 0 Å². The maximum atomic E-state index is 13.8. The molecule has 0 unspecified atom stereocenters. The number of nitrogens with zero attached hydrogens (tertiary/aromatic N) is 6. The van der Waals surface area contributed by atoms with Gasteiger partial charge in [-0.2, -0.15) is 43.2 Å². The average Bonchev–Trinajstić information content (AvgIpc) is 3.18. The van der Waals surface area contributed by atoms with Crippen molar-refractivity contribution in [2.24, 2.45) is 0 Å². The van der Waals surface area contributed by atoms with Crippen LogP contribution in [0.1, 0.15) is 25.7 Å². The standard InChI is InChI=1S/C16H24B2F6N6O6S2/c19-15(20,21)37(31,32)35-17-18(36-38(33,34)16(22,23)24,28-10-2-6-25-5-1-9-27(17)13(25)28)30-12-4-8-26-7-3-11-29(17)14(26)30/h1-12H2/t17-,18+. The summed E-state index contributed by atoms with van der Waals surface area (Å²) in [4.78, 5) is 5.87. The Hall–Kier alpha value is -1.93. The number of fused-ring (bicyclic) bond motifs is 5. The van der Waals surface area contributed by atoms with Gasteiger partial charge in [-0.25, -0.2) is 0 Å². The molecule has 0 bridgehead atoms. The van der Waals surface area contributed by atoms with Crippen molar-refractivity contribution in [2.75, 3.05) is 52.4 Å². The quantitative estimate of drug-likeness (QED) is 0.234. The predicted octanol–water partition coefficient (Wildman–Crippen LogP) is -0.738. The Morgan fingerprint density at radius 1 is 0.605 bits per heavy atom. The lowest BCUT2D eigenvalue weighted by Gasteiger charge is -2.51.